The molecule has 1 saturated heterocycles. The lowest BCUT2D eigenvalue weighted by Crippen LogP contribution is -2.42. The van der Waals surface area contributed by atoms with E-state index in [4.69, 9.17) is 9.47 Å². The molecule has 2 heterocycles. The van der Waals surface area contributed by atoms with Crippen molar-refractivity contribution >= 4 is 5.91 Å². The summed E-state index contributed by atoms with van der Waals surface area (Å²) in [5, 5.41) is 0. The van der Waals surface area contributed by atoms with Gasteiger partial charge in [-0.2, -0.15) is 0 Å². The standard InChI is InChI=1S/C18H23N3O3/c1-23-17-6-4-15(5-7-17)12-24-13-18(22)20-9-2-3-16(11-20)21-10-8-19-14-21/h4-8,10,14,16H,2-3,9,11-13H2,1H3. The van der Waals surface area contributed by atoms with E-state index in [1.54, 1.807) is 13.3 Å². The van der Waals surface area contributed by atoms with E-state index < -0.39 is 0 Å². The average molecular weight is 329 g/mol. The highest BCUT2D eigenvalue weighted by atomic mass is 16.5. The molecule has 1 aliphatic heterocycles. The zero-order chi connectivity index (χ0) is 16.8. The van der Waals surface area contributed by atoms with E-state index in [1.165, 1.54) is 0 Å². The first-order valence-corrected chi connectivity index (χ1v) is 8.22. The molecule has 128 valence electrons. The first-order valence-electron chi connectivity index (χ1n) is 8.22. The molecular formula is C18H23N3O3. The largest absolute Gasteiger partial charge is 0.497 e. The van der Waals surface area contributed by atoms with E-state index in [1.807, 2.05) is 41.7 Å². The number of piperidine rings is 1. The number of nitrogens with zero attached hydrogens (tertiary/aromatic N) is 3. The maximum absolute atomic E-state index is 12.4. The van der Waals surface area contributed by atoms with Crippen LogP contribution in [0.5, 0.6) is 5.75 Å². The van der Waals surface area contributed by atoms with Gasteiger partial charge in [0, 0.05) is 25.5 Å². The molecule has 1 fully saturated rings. The summed E-state index contributed by atoms with van der Waals surface area (Å²) < 4.78 is 12.8. The van der Waals surface area contributed by atoms with Crippen LogP contribution in [0.3, 0.4) is 0 Å². The van der Waals surface area contributed by atoms with Crippen LogP contribution in [0.1, 0.15) is 24.4 Å². The van der Waals surface area contributed by atoms with Crippen molar-refractivity contribution in [2.75, 3.05) is 26.8 Å². The molecule has 0 N–H and O–H groups in total. The SMILES string of the molecule is COc1ccc(COCC(=O)N2CCCC(n3ccnc3)C2)cc1. The van der Waals surface area contributed by atoms with Crippen LogP contribution in [-0.2, 0) is 16.1 Å². The minimum absolute atomic E-state index is 0.0494. The Morgan fingerprint density at radius 3 is 2.88 bits per heavy atom. The Hall–Kier alpha value is -2.34. The first-order chi connectivity index (χ1) is 11.8. The predicted octanol–water partition coefficient (Wildman–Crippen LogP) is 2.27. The van der Waals surface area contributed by atoms with Gasteiger partial charge in [-0.15, -0.1) is 0 Å². The second kappa shape index (κ2) is 7.97. The second-order valence-corrected chi connectivity index (χ2v) is 5.99. The van der Waals surface area contributed by atoms with Crippen LogP contribution in [0.15, 0.2) is 43.0 Å². The van der Waals surface area contributed by atoms with Crippen molar-refractivity contribution in [3.05, 3.63) is 48.5 Å². The number of carbonyl (C=O) groups excluding carboxylic acids is 1. The molecule has 6 heteroatoms. The number of imidazole rings is 1. The lowest BCUT2D eigenvalue weighted by Gasteiger charge is -2.33. The highest BCUT2D eigenvalue weighted by Crippen LogP contribution is 2.21. The van der Waals surface area contributed by atoms with E-state index in [2.05, 4.69) is 9.55 Å². The number of aromatic nitrogens is 2. The Kier molecular flexibility index (Phi) is 5.48. The van der Waals surface area contributed by atoms with Crippen molar-refractivity contribution in [2.24, 2.45) is 0 Å². The third kappa shape index (κ3) is 4.14. The van der Waals surface area contributed by atoms with Crippen LogP contribution in [0.2, 0.25) is 0 Å². The molecule has 1 amide bonds. The number of hydrogen-bond acceptors (Lipinski definition) is 4. The van der Waals surface area contributed by atoms with Gasteiger partial charge in [-0.25, -0.2) is 4.98 Å². The summed E-state index contributed by atoms with van der Waals surface area (Å²) in [6.07, 6.45) is 7.64. The third-order valence-corrected chi connectivity index (χ3v) is 4.35. The van der Waals surface area contributed by atoms with Crippen LogP contribution in [0, 0.1) is 0 Å². The average Bonchev–Trinajstić information content (AvgIpc) is 3.17. The van der Waals surface area contributed by atoms with Crippen molar-refractivity contribution < 1.29 is 14.3 Å². The van der Waals surface area contributed by atoms with Gasteiger partial charge in [-0.05, 0) is 30.5 Å². The van der Waals surface area contributed by atoms with Crippen molar-refractivity contribution in [3.63, 3.8) is 0 Å². The van der Waals surface area contributed by atoms with Gasteiger partial charge in [0.25, 0.3) is 0 Å². The van der Waals surface area contributed by atoms with Crippen LogP contribution < -0.4 is 4.74 Å². The van der Waals surface area contributed by atoms with E-state index in [0.29, 0.717) is 12.6 Å². The van der Waals surface area contributed by atoms with Crippen molar-refractivity contribution in [3.8, 4) is 5.75 Å². The Bertz CT molecular complexity index is 640. The summed E-state index contributed by atoms with van der Waals surface area (Å²) in [6, 6.07) is 7.98. The van der Waals surface area contributed by atoms with Crippen molar-refractivity contribution in [1.82, 2.24) is 14.5 Å². The molecule has 1 atom stereocenters. The Balaban J connectivity index is 1.45. The zero-order valence-corrected chi connectivity index (χ0v) is 13.9. The molecule has 2 aromatic rings. The Morgan fingerprint density at radius 2 is 2.17 bits per heavy atom. The fourth-order valence-corrected chi connectivity index (χ4v) is 2.98. The lowest BCUT2D eigenvalue weighted by molar-refractivity contribution is -0.138. The maximum atomic E-state index is 12.4. The number of methoxy groups -OCH3 is 1. The number of benzene rings is 1. The maximum Gasteiger partial charge on any atom is 0.248 e. The van der Waals surface area contributed by atoms with Crippen LogP contribution in [0.25, 0.3) is 0 Å². The van der Waals surface area contributed by atoms with Gasteiger partial charge in [-0.1, -0.05) is 12.1 Å². The molecule has 1 aromatic heterocycles. The van der Waals surface area contributed by atoms with Gasteiger partial charge in [0.15, 0.2) is 0 Å². The van der Waals surface area contributed by atoms with Gasteiger partial charge < -0.3 is 18.9 Å². The topological polar surface area (TPSA) is 56.6 Å². The predicted molar refractivity (Wildman–Crippen MR) is 89.7 cm³/mol. The number of rotatable bonds is 6. The molecule has 0 spiro atoms. The van der Waals surface area contributed by atoms with Crippen molar-refractivity contribution in [1.29, 1.82) is 0 Å². The van der Waals surface area contributed by atoms with E-state index in [0.717, 1.165) is 37.2 Å². The number of carbonyl (C=O) groups is 1. The molecule has 24 heavy (non-hydrogen) atoms. The first kappa shape index (κ1) is 16.5. The molecule has 3 rings (SSSR count). The highest BCUT2D eigenvalue weighted by Gasteiger charge is 2.24. The second-order valence-electron chi connectivity index (χ2n) is 5.99. The fraction of sp³-hybridized carbons (Fsp3) is 0.444. The molecule has 0 radical (unpaired) electrons. The van der Waals surface area contributed by atoms with Crippen LogP contribution >= 0.6 is 0 Å². The quantitative estimate of drug-likeness (QED) is 0.816. The van der Waals surface area contributed by atoms with Gasteiger partial charge in [0.1, 0.15) is 12.4 Å². The summed E-state index contributed by atoms with van der Waals surface area (Å²) in [5.41, 5.74) is 1.03. The molecular weight excluding hydrogens is 306 g/mol. The van der Waals surface area contributed by atoms with Crippen LogP contribution in [-0.4, -0.2) is 47.2 Å². The number of amides is 1. The zero-order valence-electron chi connectivity index (χ0n) is 13.9. The van der Waals surface area contributed by atoms with Gasteiger partial charge in [0.05, 0.1) is 26.1 Å². The number of hydrogen-bond donors (Lipinski definition) is 0. The van der Waals surface area contributed by atoms with E-state index in [-0.39, 0.29) is 12.5 Å². The van der Waals surface area contributed by atoms with Crippen molar-refractivity contribution in [2.45, 2.75) is 25.5 Å². The molecule has 0 saturated carbocycles. The van der Waals surface area contributed by atoms with E-state index in [9.17, 15) is 4.79 Å². The van der Waals surface area contributed by atoms with E-state index >= 15 is 0 Å². The summed E-state index contributed by atoms with van der Waals surface area (Å²) in [7, 11) is 1.64. The third-order valence-electron chi connectivity index (χ3n) is 4.35. The Morgan fingerprint density at radius 1 is 1.33 bits per heavy atom. The van der Waals surface area contributed by atoms with Crippen LogP contribution in [0.4, 0.5) is 0 Å². The molecule has 0 bridgehead atoms. The molecule has 1 unspecified atom stereocenters. The molecule has 1 aromatic carbocycles. The number of likely N-dealkylation sites (tertiary alicyclic amines) is 1. The summed E-state index contributed by atoms with van der Waals surface area (Å²) in [5.74, 6) is 0.863. The molecule has 0 aliphatic carbocycles. The number of ether oxygens (including phenoxy) is 2. The minimum Gasteiger partial charge on any atom is -0.497 e. The summed E-state index contributed by atoms with van der Waals surface area (Å²) >= 11 is 0. The molecule has 6 nitrogen and oxygen atoms in total. The van der Waals surface area contributed by atoms with Gasteiger partial charge in [-0.3, -0.25) is 4.79 Å². The lowest BCUT2D eigenvalue weighted by atomic mass is 10.1. The highest BCUT2D eigenvalue weighted by molar-refractivity contribution is 5.77. The monoisotopic (exact) mass is 329 g/mol. The smallest absolute Gasteiger partial charge is 0.248 e. The molecule has 1 aliphatic rings. The fourth-order valence-electron chi connectivity index (χ4n) is 2.98. The summed E-state index contributed by atoms with van der Waals surface area (Å²) in [4.78, 5) is 18.3. The van der Waals surface area contributed by atoms with Gasteiger partial charge >= 0.3 is 0 Å². The minimum atomic E-state index is 0.0494. The summed E-state index contributed by atoms with van der Waals surface area (Å²) in [6.45, 7) is 2.06. The Labute approximate surface area is 142 Å². The normalized spacial score (nSPS) is 17.7. The van der Waals surface area contributed by atoms with Gasteiger partial charge in [0.2, 0.25) is 5.91 Å².